The van der Waals surface area contributed by atoms with E-state index in [1.807, 2.05) is 63.2 Å². The second-order valence-electron chi connectivity index (χ2n) is 6.94. The Kier molecular flexibility index (Phi) is 5.26. The number of para-hydroxylation sites is 2. The minimum atomic E-state index is -0.336. The summed E-state index contributed by atoms with van der Waals surface area (Å²) in [6, 6.07) is 15.2. The predicted molar refractivity (Wildman–Crippen MR) is 101 cm³/mol. The van der Waals surface area contributed by atoms with Gasteiger partial charge in [0.1, 0.15) is 5.75 Å². The van der Waals surface area contributed by atoms with E-state index in [0.717, 1.165) is 5.56 Å². The average Bonchev–Trinajstić information content (AvgIpc) is 3.01. The minimum Gasteiger partial charge on any atom is -0.455 e. The first kappa shape index (κ1) is 18.0. The van der Waals surface area contributed by atoms with Crippen molar-refractivity contribution in [2.24, 2.45) is 5.92 Å². The summed E-state index contributed by atoms with van der Waals surface area (Å²) in [7, 11) is 0. The van der Waals surface area contributed by atoms with Gasteiger partial charge in [0.05, 0.1) is 11.6 Å². The molecule has 3 rings (SSSR count). The summed E-state index contributed by atoms with van der Waals surface area (Å²) in [5.74, 6) is 0.831. The summed E-state index contributed by atoms with van der Waals surface area (Å²) >= 11 is 0. The average molecular weight is 352 g/mol. The van der Waals surface area contributed by atoms with Gasteiger partial charge >= 0.3 is 0 Å². The number of anilines is 1. The normalized spacial score (nSPS) is 16.8. The molecule has 5 heteroatoms. The van der Waals surface area contributed by atoms with Gasteiger partial charge in [0.15, 0.2) is 5.75 Å². The Morgan fingerprint density at radius 3 is 2.50 bits per heavy atom. The molecule has 2 amide bonds. The third-order valence-electron chi connectivity index (χ3n) is 4.55. The highest BCUT2D eigenvalue weighted by Gasteiger charge is 2.35. The van der Waals surface area contributed by atoms with Crippen LogP contribution in [0.15, 0.2) is 48.5 Å². The molecule has 1 heterocycles. The molecular formula is C21H24N2O3. The van der Waals surface area contributed by atoms with E-state index in [1.165, 1.54) is 0 Å². The zero-order valence-electron chi connectivity index (χ0n) is 15.4. The number of carbonyl (C=O) groups is 2. The molecule has 5 nitrogen and oxygen atoms in total. The Labute approximate surface area is 154 Å². The van der Waals surface area contributed by atoms with E-state index in [-0.39, 0.29) is 30.2 Å². The van der Waals surface area contributed by atoms with Crippen LogP contribution in [0.25, 0.3) is 0 Å². The lowest BCUT2D eigenvalue weighted by Gasteiger charge is -2.21. The quantitative estimate of drug-likeness (QED) is 0.885. The van der Waals surface area contributed by atoms with E-state index in [1.54, 1.807) is 11.0 Å². The van der Waals surface area contributed by atoms with E-state index in [2.05, 4.69) is 5.32 Å². The summed E-state index contributed by atoms with van der Waals surface area (Å²) in [5, 5.41) is 2.92. The maximum Gasteiger partial charge on any atom is 0.229 e. The molecular weight excluding hydrogens is 328 g/mol. The van der Waals surface area contributed by atoms with Crippen molar-refractivity contribution in [1.29, 1.82) is 0 Å². The predicted octanol–water partition coefficient (Wildman–Crippen LogP) is 3.98. The molecule has 1 aliphatic heterocycles. The highest BCUT2D eigenvalue weighted by Crippen LogP contribution is 2.30. The molecule has 0 aliphatic carbocycles. The van der Waals surface area contributed by atoms with Gasteiger partial charge < -0.3 is 15.0 Å². The molecule has 1 fully saturated rings. The number of rotatable bonds is 5. The molecule has 0 spiro atoms. The fourth-order valence-electron chi connectivity index (χ4n) is 3.03. The Morgan fingerprint density at radius 2 is 1.85 bits per heavy atom. The molecule has 1 aliphatic rings. The van der Waals surface area contributed by atoms with Gasteiger partial charge in [-0.05, 0) is 45.0 Å². The SMILES string of the molecule is Cc1ccc(Oc2ccccc2NC(=O)[C@H]2CC(=O)N(C(C)C)C2)cc1. The van der Waals surface area contributed by atoms with E-state index < -0.39 is 0 Å². The highest BCUT2D eigenvalue weighted by atomic mass is 16.5. The fraction of sp³-hybridized carbons (Fsp3) is 0.333. The molecule has 2 aromatic carbocycles. The second kappa shape index (κ2) is 7.60. The first-order chi connectivity index (χ1) is 12.4. The maximum absolute atomic E-state index is 12.6. The van der Waals surface area contributed by atoms with Crippen LogP contribution < -0.4 is 10.1 Å². The second-order valence-corrected chi connectivity index (χ2v) is 6.94. The molecule has 0 unspecified atom stereocenters. The summed E-state index contributed by atoms with van der Waals surface area (Å²) in [5.41, 5.74) is 1.76. The van der Waals surface area contributed by atoms with Gasteiger partial charge in [-0.3, -0.25) is 9.59 Å². The Hall–Kier alpha value is -2.82. The molecule has 1 N–H and O–H groups in total. The van der Waals surface area contributed by atoms with Crippen LogP contribution in [0.4, 0.5) is 5.69 Å². The van der Waals surface area contributed by atoms with Gasteiger partial charge in [0.25, 0.3) is 0 Å². The molecule has 26 heavy (non-hydrogen) atoms. The summed E-state index contributed by atoms with van der Waals surface area (Å²) in [6.45, 7) is 6.40. The molecule has 0 aromatic heterocycles. The fourth-order valence-corrected chi connectivity index (χ4v) is 3.03. The number of hydrogen-bond donors (Lipinski definition) is 1. The lowest BCUT2D eigenvalue weighted by atomic mass is 10.1. The first-order valence-corrected chi connectivity index (χ1v) is 8.88. The van der Waals surface area contributed by atoms with Crippen molar-refractivity contribution in [2.75, 3.05) is 11.9 Å². The number of benzene rings is 2. The van der Waals surface area contributed by atoms with Crippen molar-refractivity contribution in [3.8, 4) is 11.5 Å². The smallest absolute Gasteiger partial charge is 0.229 e. The van der Waals surface area contributed by atoms with Crippen molar-refractivity contribution < 1.29 is 14.3 Å². The van der Waals surface area contributed by atoms with Gasteiger partial charge in [-0.1, -0.05) is 29.8 Å². The Bertz CT molecular complexity index is 799. The van der Waals surface area contributed by atoms with Gasteiger partial charge in [0.2, 0.25) is 11.8 Å². The van der Waals surface area contributed by atoms with Crippen molar-refractivity contribution in [1.82, 2.24) is 4.90 Å². The Morgan fingerprint density at radius 1 is 1.15 bits per heavy atom. The Balaban J connectivity index is 1.71. The lowest BCUT2D eigenvalue weighted by molar-refractivity contribution is -0.129. The standard InChI is InChI=1S/C21H24N2O3/c1-14(2)23-13-16(12-20(23)24)21(25)22-18-6-4-5-7-19(18)26-17-10-8-15(3)9-11-17/h4-11,14,16H,12-13H2,1-3H3,(H,22,25)/t16-/m0/s1. The summed E-state index contributed by atoms with van der Waals surface area (Å²) in [4.78, 5) is 26.4. The summed E-state index contributed by atoms with van der Waals surface area (Å²) < 4.78 is 5.92. The molecule has 2 aromatic rings. The minimum absolute atomic E-state index is 0.0318. The molecule has 0 saturated carbocycles. The van der Waals surface area contributed by atoms with Crippen LogP contribution in [0.5, 0.6) is 11.5 Å². The number of hydrogen-bond acceptors (Lipinski definition) is 3. The maximum atomic E-state index is 12.6. The van der Waals surface area contributed by atoms with Crippen LogP contribution in [-0.4, -0.2) is 29.3 Å². The van der Waals surface area contributed by atoms with E-state index >= 15 is 0 Å². The lowest BCUT2D eigenvalue weighted by Crippen LogP contribution is -2.33. The van der Waals surface area contributed by atoms with Crippen molar-refractivity contribution in [3.63, 3.8) is 0 Å². The number of ether oxygens (including phenoxy) is 1. The zero-order valence-corrected chi connectivity index (χ0v) is 15.4. The van der Waals surface area contributed by atoms with Crippen molar-refractivity contribution in [3.05, 3.63) is 54.1 Å². The molecule has 136 valence electrons. The third kappa shape index (κ3) is 4.04. The number of nitrogens with zero attached hydrogens (tertiary/aromatic N) is 1. The number of aryl methyl sites for hydroxylation is 1. The number of likely N-dealkylation sites (tertiary alicyclic amines) is 1. The van der Waals surface area contributed by atoms with E-state index in [9.17, 15) is 9.59 Å². The van der Waals surface area contributed by atoms with Crippen LogP contribution in [0, 0.1) is 12.8 Å². The first-order valence-electron chi connectivity index (χ1n) is 8.88. The van der Waals surface area contributed by atoms with Crippen LogP contribution in [0.3, 0.4) is 0 Å². The van der Waals surface area contributed by atoms with Crippen LogP contribution in [0.2, 0.25) is 0 Å². The number of amides is 2. The van der Waals surface area contributed by atoms with Crippen LogP contribution >= 0.6 is 0 Å². The van der Waals surface area contributed by atoms with Crippen LogP contribution in [0.1, 0.15) is 25.8 Å². The highest BCUT2D eigenvalue weighted by molar-refractivity contribution is 5.98. The molecule has 1 atom stereocenters. The third-order valence-corrected chi connectivity index (χ3v) is 4.55. The van der Waals surface area contributed by atoms with Crippen molar-refractivity contribution >= 4 is 17.5 Å². The largest absolute Gasteiger partial charge is 0.455 e. The van der Waals surface area contributed by atoms with E-state index in [0.29, 0.717) is 23.7 Å². The molecule has 0 radical (unpaired) electrons. The van der Waals surface area contributed by atoms with Gasteiger partial charge in [-0.2, -0.15) is 0 Å². The topological polar surface area (TPSA) is 58.6 Å². The molecule has 0 bridgehead atoms. The zero-order chi connectivity index (χ0) is 18.7. The monoisotopic (exact) mass is 352 g/mol. The summed E-state index contributed by atoms with van der Waals surface area (Å²) in [6.07, 6.45) is 0.255. The van der Waals surface area contributed by atoms with Crippen LogP contribution in [-0.2, 0) is 9.59 Å². The molecule has 1 saturated heterocycles. The van der Waals surface area contributed by atoms with Gasteiger partial charge in [-0.25, -0.2) is 0 Å². The van der Waals surface area contributed by atoms with Gasteiger partial charge in [-0.15, -0.1) is 0 Å². The van der Waals surface area contributed by atoms with E-state index in [4.69, 9.17) is 4.74 Å². The number of carbonyl (C=O) groups excluding carboxylic acids is 2. The van der Waals surface area contributed by atoms with Gasteiger partial charge in [0, 0.05) is 19.0 Å². The number of nitrogens with one attached hydrogen (secondary N) is 1. The van der Waals surface area contributed by atoms with Crippen molar-refractivity contribution in [2.45, 2.75) is 33.2 Å².